The number of anilines is 1. The fourth-order valence-corrected chi connectivity index (χ4v) is 5.95. The molecule has 10 nitrogen and oxygen atoms in total. The third-order valence-corrected chi connectivity index (χ3v) is 8.28. The summed E-state index contributed by atoms with van der Waals surface area (Å²) in [6.45, 7) is 2.67. The van der Waals surface area contributed by atoms with Gasteiger partial charge in [0.25, 0.3) is 5.91 Å². The summed E-state index contributed by atoms with van der Waals surface area (Å²) in [4.78, 5) is 43.9. The quantitative estimate of drug-likeness (QED) is 0.276. The second-order valence-corrected chi connectivity index (χ2v) is 11.3. The van der Waals surface area contributed by atoms with E-state index in [-0.39, 0.29) is 49.2 Å². The van der Waals surface area contributed by atoms with Gasteiger partial charge in [0, 0.05) is 41.5 Å². The van der Waals surface area contributed by atoms with E-state index in [4.69, 9.17) is 14.2 Å². The average molecular weight is 615 g/mol. The van der Waals surface area contributed by atoms with Gasteiger partial charge in [-0.15, -0.1) is 0 Å². The Hall–Kier alpha value is -5.06. The van der Waals surface area contributed by atoms with Gasteiger partial charge >= 0.3 is 0 Å². The summed E-state index contributed by atoms with van der Waals surface area (Å²) in [5, 5.41) is 6.39. The number of nitrogens with one attached hydrogen (secondary N) is 3. The van der Waals surface area contributed by atoms with Crippen molar-refractivity contribution < 1.29 is 33.0 Å². The van der Waals surface area contributed by atoms with Crippen molar-refractivity contribution in [3.8, 4) is 17.2 Å². The second-order valence-electron chi connectivity index (χ2n) is 11.3. The van der Waals surface area contributed by atoms with E-state index >= 15 is 0 Å². The zero-order valence-corrected chi connectivity index (χ0v) is 25.2. The molecule has 1 atom stereocenters. The molecule has 11 heteroatoms. The predicted molar refractivity (Wildman–Crippen MR) is 167 cm³/mol. The van der Waals surface area contributed by atoms with Crippen molar-refractivity contribution in [1.29, 1.82) is 0 Å². The number of aromatic nitrogens is 1. The van der Waals surface area contributed by atoms with Gasteiger partial charge in [-0.05, 0) is 72.9 Å². The molecule has 0 saturated heterocycles. The molecule has 1 unspecified atom stereocenters. The molecule has 0 fully saturated rings. The third kappa shape index (κ3) is 6.43. The van der Waals surface area contributed by atoms with E-state index in [1.54, 1.807) is 26.2 Å². The Bertz CT molecular complexity index is 1770. The van der Waals surface area contributed by atoms with Crippen LogP contribution in [0.4, 0.5) is 10.1 Å². The lowest BCUT2D eigenvalue weighted by Crippen LogP contribution is -2.42. The largest absolute Gasteiger partial charge is 0.493 e. The summed E-state index contributed by atoms with van der Waals surface area (Å²) in [6, 6.07) is 15.6. The van der Waals surface area contributed by atoms with Gasteiger partial charge < -0.3 is 34.7 Å². The van der Waals surface area contributed by atoms with Crippen LogP contribution in [-0.2, 0) is 9.59 Å². The average Bonchev–Trinajstić information content (AvgIpc) is 3.36. The molecular formula is C34H35FN4O6. The number of aryl methyl sites for hydroxylation is 1. The molecule has 0 saturated carbocycles. The van der Waals surface area contributed by atoms with Gasteiger partial charge in [-0.25, -0.2) is 4.39 Å². The maximum atomic E-state index is 13.9. The number of amides is 3. The molecular weight excluding hydrogens is 579 g/mol. The first-order valence-electron chi connectivity index (χ1n) is 15.0. The summed E-state index contributed by atoms with van der Waals surface area (Å²) < 4.78 is 31.5. The minimum atomic E-state index is -0.389. The maximum Gasteiger partial charge on any atom is 0.271 e. The van der Waals surface area contributed by atoms with Crippen LogP contribution in [-0.4, -0.2) is 67.6 Å². The number of H-pyrrole nitrogens is 1. The highest BCUT2D eigenvalue weighted by Gasteiger charge is 2.28. The Morgan fingerprint density at radius 3 is 2.71 bits per heavy atom. The Labute approximate surface area is 259 Å². The number of ether oxygens (including phenoxy) is 3. The van der Waals surface area contributed by atoms with Crippen LogP contribution in [0, 0.1) is 12.7 Å². The standard InChI is InChI=1S/C34H35FN4O6/c1-20-25-16-22(35)6-9-27(25)38-33(20)34(42)39-12-3-4-13-45-30-15-21(5-10-29(30)43-2)26-18-31(40)37-28-17-23(7-8-24(26)28)44-14-11-36-32(41)19-39/h5-10,15-17,26,38H,3-4,11-14,18-19H2,1-2H3,(H,36,41)(H,37,40). The molecule has 1 aromatic heterocycles. The fourth-order valence-electron chi connectivity index (χ4n) is 5.95. The monoisotopic (exact) mass is 614 g/mol. The molecule has 7 rings (SSSR count). The number of methoxy groups -OCH3 is 1. The molecule has 3 amide bonds. The van der Waals surface area contributed by atoms with Gasteiger partial charge in [-0.3, -0.25) is 14.4 Å². The Balaban J connectivity index is 1.26. The molecule has 0 aliphatic carbocycles. The molecule has 3 aromatic carbocycles. The lowest BCUT2D eigenvalue weighted by Gasteiger charge is -2.27. The highest BCUT2D eigenvalue weighted by atomic mass is 19.1. The van der Waals surface area contributed by atoms with Crippen LogP contribution in [0.3, 0.4) is 0 Å². The van der Waals surface area contributed by atoms with Crippen molar-refractivity contribution in [2.24, 2.45) is 0 Å². The predicted octanol–water partition coefficient (Wildman–Crippen LogP) is 4.91. The molecule has 0 spiro atoms. The molecule has 6 bridgehead atoms. The lowest BCUT2D eigenvalue weighted by atomic mass is 9.84. The number of nitrogens with zero attached hydrogens (tertiary/aromatic N) is 1. The first-order valence-corrected chi connectivity index (χ1v) is 15.0. The number of halogens is 1. The van der Waals surface area contributed by atoms with Crippen LogP contribution in [0.2, 0.25) is 0 Å². The topological polar surface area (TPSA) is 122 Å². The molecule has 45 heavy (non-hydrogen) atoms. The molecule has 4 heterocycles. The maximum absolute atomic E-state index is 13.9. The second kappa shape index (κ2) is 12.9. The summed E-state index contributed by atoms with van der Waals surface area (Å²) in [5.41, 5.74) is 4.17. The number of carbonyl (C=O) groups is 3. The lowest BCUT2D eigenvalue weighted by molar-refractivity contribution is -0.122. The molecule has 3 aliphatic rings. The van der Waals surface area contributed by atoms with E-state index in [2.05, 4.69) is 15.6 Å². The number of aromatic amines is 1. The van der Waals surface area contributed by atoms with Gasteiger partial charge in [0.15, 0.2) is 11.5 Å². The number of fused-ring (bicyclic) bond motifs is 13. The zero-order chi connectivity index (χ0) is 31.5. The van der Waals surface area contributed by atoms with E-state index in [1.165, 1.54) is 17.0 Å². The third-order valence-electron chi connectivity index (χ3n) is 8.28. The first-order chi connectivity index (χ1) is 21.8. The Morgan fingerprint density at radius 1 is 1.00 bits per heavy atom. The first kappa shape index (κ1) is 30.0. The smallest absolute Gasteiger partial charge is 0.271 e. The number of benzene rings is 3. The fraction of sp³-hybridized carbons (Fsp3) is 0.324. The van der Waals surface area contributed by atoms with Crippen molar-refractivity contribution in [2.75, 3.05) is 45.3 Å². The number of hydrogen-bond acceptors (Lipinski definition) is 6. The Morgan fingerprint density at radius 2 is 1.87 bits per heavy atom. The van der Waals surface area contributed by atoms with E-state index in [0.29, 0.717) is 77.5 Å². The van der Waals surface area contributed by atoms with E-state index < -0.39 is 0 Å². The molecule has 3 N–H and O–H groups in total. The van der Waals surface area contributed by atoms with Gasteiger partial charge in [0.05, 0.1) is 26.8 Å². The van der Waals surface area contributed by atoms with E-state index in [9.17, 15) is 18.8 Å². The number of carbonyl (C=O) groups excluding carboxylic acids is 3. The van der Waals surface area contributed by atoms with E-state index in [1.807, 2.05) is 30.3 Å². The normalized spacial score (nSPS) is 17.6. The summed E-state index contributed by atoms with van der Waals surface area (Å²) in [6.07, 6.45) is 1.46. The number of hydrogen-bond donors (Lipinski definition) is 3. The van der Waals surface area contributed by atoms with Crippen LogP contribution in [0.15, 0.2) is 54.6 Å². The number of rotatable bonds is 2. The SMILES string of the molecule is COc1ccc2cc1OCCCCN(C(=O)c1[nH]c3ccc(F)cc3c1C)CC(=O)NCCOc1ccc3c(c1)NC(=O)CC23. The van der Waals surface area contributed by atoms with Crippen LogP contribution in [0.5, 0.6) is 17.2 Å². The van der Waals surface area contributed by atoms with Crippen molar-refractivity contribution >= 4 is 34.3 Å². The van der Waals surface area contributed by atoms with Gasteiger partial charge in [-0.1, -0.05) is 12.1 Å². The highest BCUT2D eigenvalue weighted by molar-refractivity contribution is 6.02. The zero-order valence-electron chi connectivity index (χ0n) is 25.2. The van der Waals surface area contributed by atoms with Crippen molar-refractivity contribution in [1.82, 2.24) is 15.2 Å². The highest BCUT2D eigenvalue weighted by Crippen LogP contribution is 2.41. The molecule has 3 aliphatic heterocycles. The Kier molecular flexibility index (Phi) is 8.59. The summed E-state index contributed by atoms with van der Waals surface area (Å²) >= 11 is 0. The molecule has 0 radical (unpaired) electrons. The van der Waals surface area contributed by atoms with Crippen LogP contribution >= 0.6 is 0 Å². The van der Waals surface area contributed by atoms with E-state index in [0.717, 1.165) is 11.1 Å². The molecule has 234 valence electrons. The minimum Gasteiger partial charge on any atom is -0.493 e. The van der Waals surface area contributed by atoms with Crippen molar-refractivity contribution in [3.63, 3.8) is 0 Å². The summed E-state index contributed by atoms with van der Waals surface area (Å²) in [5.74, 6) is 0.355. The van der Waals surface area contributed by atoms with Crippen LogP contribution in [0.1, 0.15) is 52.4 Å². The van der Waals surface area contributed by atoms with Gasteiger partial charge in [-0.2, -0.15) is 0 Å². The summed E-state index contributed by atoms with van der Waals surface area (Å²) in [7, 11) is 1.58. The van der Waals surface area contributed by atoms with Crippen molar-refractivity contribution in [2.45, 2.75) is 32.1 Å². The van der Waals surface area contributed by atoms with Crippen LogP contribution < -0.4 is 24.8 Å². The van der Waals surface area contributed by atoms with Gasteiger partial charge in [0.1, 0.15) is 23.9 Å². The molecule has 4 aromatic rings. The van der Waals surface area contributed by atoms with Gasteiger partial charge in [0.2, 0.25) is 11.8 Å². The van der Waals surface area contributed by atoms with Crippen molar-refractivity contribution in [3.05, 3.63) is 82.8 Å². The van der Waals surface area contributed by atoms with Crippen LogP contribution in [0.25, 0.3) is 10.9 Å². The minimum absolute atomic E-state index is 0.0914.